The molecule has 4 amide bonds. The van der Waals surface area contributed by atoms with Crippen molar-refractivity contribution in [1.29, 1.82) is 0 Å². The average molecular weight is 706 g/mol. The molecule has 1 aliphatic rings. The highest BCUT2D eigenvalue weighted by molar-refractivity contribution is 5.98. The number of aryl methyl sites for hydroxylation is 1. The summed E-state index contributed by atoms with van der Waals surface area (Å²) >= 11 is 0. The number of Topliss-reactive ketones (excluding diaryl/α,β-unsaturated/α-hetero) is 1. The zero-order valence-electron chi connectivity index (χ0n) is 31.5. The molecule has 0 aliphatic carbocycles. The van der Waals surface area contributed by atoms with Crippen molar-refractivity contribution >= 4 is 29.4 Å². The fraction of sp³-hybridized carbons (Fsp3) is 0.575. The molecule has 1 fully saturated rings. The molecule has 1 saturated heterocycles. The molecule has 0 radical (unpaired) electrons. The van der Waals surface area contributed by atoms with Crippen molar-refractivity contribution in [2.45, 2.75) is 109 Å². The zero-order valence-corrected chi connectivity index (χ0v) is 31.5. The summed E-state index contributed by atoms with van der Waals surface area (Å²) in [7, 11) is 3.88. The van der Waals surface area contributed by atoms with E-state index in [1.807, 2.05) is 107 Å². The molecule has 0 bridgehead atoms. The molecule has 0 spiro atoms. The predicted molar refractivity (Wildman–Crippen MR) is 199 cm³/mol. The van der Waals surface area contributed by atoms with Crippen molar-refractivity contribution in [2.24, 2.45) is 11.8 Å². The summed E-state index contributed by atoms with van der Waals surface area (Å²) in [6.07, 6.45) is 2.72. The Morgan fingerprint density at radius 1 is 0.706 bits per heavy atom. The van der Waals surface area contributed by atoms with Gasteiger partial charge in [0.15, 0.2) is 5.78 Å². The Morgan fingerprint density at radius 3 is 1.75 bits per heavy atom. The van der Waals surface area contributed by atoms with Gasteiger partial charge in [-0.2, -0.15) is 0 Å². The quantitative estimate of drug-likeness (QED) is 0.137. The molecule has 1 heterocycles. The van der Waals surface area contributed by atoms with Crippen molar-refractivity contribution in [3.05, 3.63) is 71.8 Å². The molecule has 0 aromatic heterocycles. The number of epoxide rings is 1. The molecule has 2 unspecified atom stereocenters. The van der Waals surface area contributed by atoms with Gasteiger partial charge in [0, 0.05) is 12.8 Å². The lowest BCUT2D eigenvalue weighted by Gasteiger charge is -2.28. The minimum absolute atomic E-state index is 0.0261. The molecule has 11 nitrogen and oxygen atoms in total. The molecule has 3 rings (SSSR count). The molecule has 2 aromatic rings. The number of carbonyl (C=O) groups excluding carboxylic acids is 5. The Kier molecular flexibility index (Phi) is 16.3. The fourth-order valence-electron chi connectivity index (χ4n) is 5.95. The minimum Gasteiger partial charge on any atom is -0.361 e. The van der Waals surface area contributed by atoms with Gasteiger partial charge in [0.2, 0.25) is 23.6 Å². The van der Waals surface area contributed by atoms with Crippen LogP contribution >= 0.6 is 0 Å². The molecule has 1 aliphatic heterocycles. The van der Waals surface area contributed by atoms with Gasteiger partial charge < -0.3 is 30.9 Å². The smallest absolute Gasteiger partial charge is 0.243 e. The molecular formula is C40H59N5O6. The summed E-state index contributed by atoms with van der Waals surface area (Å²) in [6.45, 7) is 10.6. The number of ether oxygens (including phenoxy) is 1. The highest BCUT2D eigenvalue weighted by Crippen LogP contribution is 2.29. The Bertz CT molecular complexity index is 1430. The molecular weight excluding hydrogens is 646 g/mol. The fourth-order valence-corrected chi connectivity index (χ4v) is 5.95. The maximum absolute atomic E-state index is 14.0. The third kappa shape index (κ3) is 14.6. The third-order valence-electron chi connectivity index (χ3n) is 8.92. The van der Waals surface area contributed by atoms with Crippen molar-refractivity contribution in [2.75, 3.05) is 27.2 Å². The zero-order chi connectivity index (χ0) is 37.6. The second-order valence-electron chi connectivity index (χ2n) is 15.1. The monoisotopic (exact) mass is 705 g/mol. The number of hydrogen-bond donors (Lipinski definition) is 4. The summed E-state index contributed by atoms with van der Waals surface area (Å²) in [5, 5.41) is 11.6. The van der Waals surface area contributed by atoms with Crippen LogP contribution in [-0.4, -0.2) is 91.3 Å². The Labute approximate surface area is 304 Å². The van der Waals surface area contributed by atoms with E-state index in [1.54, 1.807) is 6.92 Å². The van der Waals surface area contributed by atoms with E-state index in [-0.39, 0.29) is 36.4 Å². The average Bonchev–Trinajstić information content (AvgIpc) is 3.83. The summed E-state index contributed by atoms with van der Waals surface area (Å²) in [4.78, 5) is 70.1. The van der Waals surface area contributed by atoms with Crippen LogP contribution in [0.15, 0.2) is 60.7 Å². The Hall–Kier alpha value is -4.09. The van der Waals surface area contributed by atoms with Crippen LogP contribution in [0.4, 0.5) is 0 Å². The lowest BCUT2D eigenvalue weighted by molar-refractivity contribution is -0.135. The van der Waals surface area contributed by atoms with Gasteiger partial charge in [-0.3, -0.25) is 24.0 Å². The van der Waals surface area contributed by atoms with Crippen LogP contribution < -0.4 is 21.3 Å². The maximum Gasteiger partial charge on any atom is 0.243 e. The first-order valence-corrected chi connectivity index (χ1v) is 18.3. The predicted octanol–water partition coefficient (Wildman–Crippen LogP) is 3.59. The van der Waals surface area contributed by atoms with E-state index in [1.165, 1.54) is 0 Å². The number of ketones is 1. The number of nitrogens with zero attached hydrogens (tertiary/aromatic N) is 1. The number of rotatable bonds is 22. The first-order valence-electron chi connectivity index (χ1n) is 18.3. The first kappa shape index (κ1) is 41.3. The summed E-state index contributed by atoms with van der Waals surface area (Å²) in [5.41, 5.74) is 0.931. The normalized spacial score (nSPS) is 17.7. The van der Waals surface area contributed by atoms with Crippen LogP contribution in [0.1, 0.15) is 77.8 Å². The van der Waals surface area contributed by atoms with Crippen molar-refractivity contribution in [1.82, 2.24) is 26.2 Å². The third-order valence-corrected chi connectivity index (χ3v) is 8.92. The topological polar surface area (TPSA) is 149 Å². The second kappa shape index (κ2) is 20.1. The van der Waals surface area contributed by atoms with Crippen LogP contribution in [0.25, 0.3) is 0 Å². The van der Waals surface area contributed by atoms with Gasteiger partial charge in [-0.15, -0.1) is 0 Å². The molecule has 2 aromatic carbocycles. The number of nitrogens with one attached hydrogen (secondary N) is 4. The lowest BCUT2D eigenvalue weighted by atomic mass is 9.93. The van der Waals surface area contributed by atoms with E-state index in [0.29, 0.717) is 38.7 Å². The van der Waals surface area contributed by atoms with Gasteiger partial charge in [0.25, 0.3) is 0 Å². The van der Waals surface area contributed by atoms with E-state index in [2.05, 4.69) is 21.3 Å². The SMILES string of the molecule is CC(C)CC(NC(=O)[C@H](CCc1ccccc1)NC(=O)CCCN(C)C)C(=O)N[C@@H](Cc1ccccc1)C(=O)NC(CC(C)C)C(=O)[C@@]1(C)CO1. The van der Waals surface area contributed by atoms with Gasteiger partial charge >= 0.3 is 0 Å². The lowest BCUT2D eigenvalue weighted by Crippen LogP contribution is -2.59. The number of hydrogen-bond acceptors (Lipinski definition) is 7. The van der Waals surface area contributed by atoms with E-state index in [4.69, 9.17) is 4.74 Å². The van der Waals surface area contributed by atoms with E-state index >= 15 is 0 Å². The largest absolute Gasteiger partial charge is 0.361 e. The number of benzene rings is 2. The van der Waals surface area contributed by atoms with Gasteiger partial charge in [0.1, 0.15) is 23.7 Å². The Morgan fingerprint density at radius 2 is 1.20 bits per heavy atom. The van der Waals surface area contributed by atoms with Gasteiger partial charge in [-0.05, 0) is 82.6 Å². The summed E-state index contributed by atoms with van der Waals surface area (Å²) in [6, 6.07) is 15.4. The summed E-state index contributed by atoms with van der Waals surface area (Å²) in [5.74, 6) is -1.74. The molecule has 11 heteroatoms. The highest BCUT2D eigenvalue weighted by Gasteiger charge is 2.50. The minimum atomic E-state index is -1.02. The van der Waals surface area contributed by atoms with Crippen molar-refractivity contribution in [3.8, 4) is 0 Å². The highest BCUT2D eigenvalue weighted by atomic mass is 16.6. The van der Waals surface area contributed by atoms with Crippen molar-refractivity contribution < 1.29 is 28.7 Å². The molecule has 51 heavy (non-hydrogen) atoms. The van der Waals surface area contributed by atoms with E-state index in [0.717, 1.165) is 17.7 Å². The van der Waals surface area contributed by atoms with Gasteiger partial charge in [-0.1, -0.05) is 88.4 Å². The van der Waals surface area contributed by atoms with Crippen LogP contribution in [0.3, 0.4) is 0 Å². The molecule has 5 atom stereocenters. The van der Waals surface area contributed by atoms with E-state index in [9.17, 15) is 24.0 Å². The standard InChI is InChI=1S/C40H59N5O6/c1-27(2)23-32(36(47)40(5)26-51-40)42-39(50)34(25-30-17-12-9-13-18-30)44-38(49)33(24-28(3)4)43-37(48)31(21-20-29-15-10-8-11-16-29)41-35(46)19-14-22-45(6)7/h8-13,15-18,27-28,31-34H,14,19-26H2,1-7H3,(H,41,46)(H,42,50)(H,43,48)(H,44,49)/t31-,32?,33?,34-,40+/m0/s1. The molecule has 4 N–H and O–H groups in total. The van der Waals surface area contributed by atoms with Crippen molar-refractivity contribution in [3.63, 3.8) is 0 Å². The Balaban J connectivity index is 1.81. The summed E-state index contributed by atoms with van der Waals surface area (Å²) < 4.78 is 5.40. The number of carbonyl (C=O) groups is 5. The molecule has 280 valence electrons. The van der Waals surface area contributed by atoms with Gasteiger partial charge in [-0.25, -0.2) is 0 Å². The first-order chi connectivity index (χ1) is 24.2. The van der Waals surface area contributed by atoms with Crippen LogP contribution in [0.2, 0.25) is 0 Å². The second-order valence-corrected chi connectivity index (χ2v) is 15.1. The van der Waals surface area contributed by atoms with Gasteiger partial charge in [0.05, 0.1) is 12.6 Å². The van der Waals surface area contributed by atoms with E-state index < -0.39 is 47.5 Å². The van der Waals surface area contributed by atoms with Crippen LogP contribution in [0.5, 0.6) is 0 Å². The van der Waals surface area contributed by atoms with Crippen LogP contribution in [0, 0.1) is 11.8 Å². The molecule has 0 saturated carbocycles. The number of amides is 4. The van der Waals surface area contributed by atoms with Crippen LogP contribution in [-0.2, 0) is 41.6 Å². The maximum atomic E-state index is 14.0.